The Balaban J connectivity index is 1.67. The van der Waals surface area contributed by atoms with E-state index in [9.17, 15) is 5.11 Å². The molecule has 1 atom stereocenters. The highest BCUT2D eigenvalue weighted by molar-refractivity contribution is 5.67. The van der Waals surface area contributed by atoms with Gasteiger partial charge in [0.25, 0.3) is 5.89 Å². The van der Waals surface area contributed by atoms with Crippen LogP contribution in [0.5, 0.6) is 5.75 Å². The Bertz CT molecular complexity index is 1020. The second-order valence-electron chi connectivity index (χ2n) is 6.69. The first-order valence-corrected chi connectivity index (χ1v) is 9.14. The maximum absolute atomic E-state index is 9.66. The van der Waals surface area contributed by atoms with Gasteiger partial charge in [0.1, 0.15) is 11.8 Å². The number of rotatable bonds is 5. The Morgan fingerprint density at radius 2 is 2.22 bits per heavy atom. The fourth-order valence-corrected chi connectivity index (χ4v) is 3.60. The molecule has 2 N–H and O–H groups in total. The zero-order chi connectivity index (χ0) is 18.8. The van der Waals surface area contributed by atoms with E-state index < -0.39 is 0 Å². The molecule has 1 aliphatic carbocycles. The second kappa shape index (κ2) is 7.22. The topological polar surface area (TPSA) is 95.0 Å². The Morgan fingerprint density at radius 3 is 3.04 bits per heavy atom. The van der Waals surface area contributed by atoms with Gasteiger partial charge in [0.15, 0.2) is 0 Å². The number of nitrogens with zero attached hydrogens (tertiary/aromatic N) is 3. The van der Waals surface area contributed by atoms with E-state index in [0.717, 1.165) is 31.4 Å². The molecule has 2 aromatic carbocycles. The number of aromatic nitrogens is 2. The standard InChI is InChI=1S/C21H20N4O2/c1-2-10-23-18-8-7-15-16(18)4-3-5-17(15)20-24-21(27-25-20)13-6-9-19(26)14(11-13)12-22/h3-6,9,11,18,23,26H,2,7-8,10H2,1H3/t18-/m0/s1. The maximum Gasteiger partial charge on any atom is 0.258 e. The van der Waals surface area contributed by atoms with Gasteiger partial charge in [-0.15, -0.1) is 0 Å². The van der Waals surface area contributed by atoms with E-state index in [1.165, 1.54) is 17.2 Å². The van der Waals surface area contributed by atoms with E-state index >= 15 is 0 Å². The van der Waals surface area contributed by atoms with Crippen LogP contribution in [0.1, 0.15) is 42.5 Å². The molecule has 1 aliphatic rings. The average molecular weight is 360 g/mol. The SMILES string of the molecule is CCCN[C@H]1CCc2c(-c3noc(-c4ccc(O)c(C#N)c4)n3)cccc21. The molecule has 4 rings (SSSR count). The number of phenolic OH excluding ortho intramolecular Hbond substituents is 1. The quantitative estimate of drug-likeness (QED) is 0.715. The lowest BCUT2D eigenvalue weighted by molar-refractivity contribution is 0.432. The van der Waals surface area contributed by atoms with Crippen molar-refractivity contribution < 1.29 is 9.63 Å². The Morgan fingerprint density at radius 1 is 1.33 bits per heavy atom. The van der Waals surface area contributed by atoms with Crippen LogP contribution in [-0.2, 0) is 6.42 Å². The summed E-state index contributed by atoms with van der Waals surface area (Å²) in [6, 6.07) is 13.2. The van der Waals surface area contributed by atoms with Gasteiger partial charge in [-0.25, -0.2) is 0 Å². The molecule has 0 radical (unpaired) electrons. The Hall–Kier alpha value is -3.17. The lowest BCUT2D eigenvalue weighted by Crippen LogP contribution is -2.19. The maximum atomic E-state index is 9.66. The highest BCUT2D eigenvalue weighted by atomic mass is 16.5. The van der Waals surface area contributed by atoms with Gasteiger partial charge in [-0.3, -0.25) is 0 Å². The largest absolute Gasteiger partial charge is 0.507 e. The molecule has 0 amide bonds. The summed E-state index contributed by atoms with van der Waals surface area (Å²) in [5.41, 5.74) is 4.35. The zero-order valence-electron chi connectivity index (χ0n) is 15.1. The fourth-order valence-electron chi connectivity index (χ4n) is 3.60. The first-order valence-electron chi connectivity index (χ1n) is 9.14. The monoisotopic (exact) mass is 360 g/mol. The van der Waals surface area contributed by atoms with E-state index in [4.69, 9.17) is 9.78 Å². The van der Waals surface area contributed by atoms with Gasteiger partial charge in [-0.05, 0) is 55.1 Å². The van der Waals surface area contributed by atoms with Gasteiger partial charge >= 0.3 is 0 Å². The van der Waals surface area contributed by atoms with Crippen LogP contribution in [-0.4, -0.2) is 21.8 Å². The van der Waals surface area contributed by atoms with Gasteiger partial charge in [0, 0.05) is 17.2 Å². The number of nitrogens with one attached hydrogen (secondary N) is 1. The molecular weight excluding hydrogens is 340 g/mol. The van der Waals surface area contributed by atoms with Gasteiger partial charge in [0.05, 0.1) is 5.56 Å². The molecule has 0 aliphatic heterocycles. The average Bonchev–Trinajstić information content (AvgIpc) is 3.34. The van der Waals surface area contributed by atoms with Crippen LogP contribution in [0.2, 0.25) is 0 Å². The van der Waals surface area contributed by atoms with Crippen LogP contribution >= 0.6 is 0 Å². The number of nitriles is 1. The molecule has 0 fully saturated rings. The van der Waals surface area contributed by atoms with E-state index in [0.29, 0.717) is 23.3 Å². The predicted octanol–water partition coefficient (Wildman–Crippen LogP) is 3.97. The van der Waals surface area contributed by atoms with Gasteiger partial charge in [0.2, 0.25) is 5.82 Å². The van der Waals surface area contributed by atoms with Crippen molar-refractivity contribution in [3.05, 3.63) is 53.1 Å². The van der Waals surface area contributed by atoms with Gasteiger partial charge in [-0.2, -0.15) is 10.2 Å². The molecule has 6 nitrogen and oxygen atoms in total. The summed E-state index contributed by atoms with van der Waals surface area (Å²) >= 11 is 0. The van der Waals surface area contributed by atoms with Crippen LogP contribution in [0.3, 0.4) is 0 Å². The molecule has 0 unspecified atom stereocenters. The molecule has 0 spiro atoms. The summed E-state index contributed by atoms with van der Waals surface area (Å²) in [7, 11) is 0. The van der Waals surface area contributed by atoms with Crippen molar-refractivity contribution in [3.8, 4) is 34.7 Å². The van der Waals surface area contributed by atoms with Crippen molar-refractivity contribution in [2.24, 2.45) is 0 Å². The number of hydrogen-bond donors (Lipinski definition) is 2. The van der Waals surface area contributed by atoms with Crippen molar-refractivity contribution in [1.82, 2.24) is 15.5 Å². The molecule has 0 bridgehead atoms. The van der Waals surface area contributed by atoms with Crippen molar-refractivity contribution in [2.75, 3.05) is 6.54 Å². The fraction of sp³-hybridized carbons (Fsp3) is 0.286. The number of benzene rings is 2. The first-order chi connectivity index (χ1) is 13.2. The summed E-state index contributed by atoms with van der Waals surface area (Å²) in [4.78, 5) is 4.53. The molecule has 0 saturated heterocycles. The minimum atomic E-state index is -0.0625. The molecule has 27 heavy (non-hydrogen) atoms. The molecule has 3 aromatic rings. The number of phenols is 1. The van der Waals surface area contributed by atoms with E-state index in [1.54, 1.807) is 12.1 Å². The van der Waals surface area contributed by atoms with Crippen LogP contribution in [0.15, 0.2) is 40.9 Å². The van der Waals surface area contributed by atoms with Gasteiger partial charge in [-0.1, -0.05) is 30.3 Å². The number of hydrogen-bond acceptors (Lipinski definition) is 6. The molecule has 136 valence electrons. The van der Waals surface area contributed by atoms with Crippen LogP contribution in [0, 0.1) is 11.3 Å². The third-order valence-electron chi connectivity index (χ3n) is 4.94. The lowest BCUT2D eigenvalue weighted by Gasteiger charge is -2.13. The van der Waals surface area contributed by atoms with E-state index in [1.807, 2.05) is 18.2 Å². The van der Waals surface area contributed by atoms with Crippen molar-refractivity contribution in [1.29, 1.82) is 5.26 Å². The third kappa shape index (κ3) is 3.18. The van der Waals surface area contributed by atoms with Crippen LogP contribution in [0.4, 0.5) is 0 Å². The summed E-state index contributed by atoms with van der Waals surface area (Å²) in [5.74, 6) is 0.815. The summed E-state index contributed by atoms with van der Waals surface area (Å²) in [6.45, 7) is 3.17. The molecule has 1 aromatic heterocycles. The first kappa shape index (κ1) is 17.3. The highest BCUT2D eigenvalue weighted by Crippen LogP contribution is 2.37. The summed E-state index contributed by atoms with van der Waals surface area (Å²) < 4.78 is 5.43. The molecule has 1 heterocycles. The number of aromatic hydroxyl groups is 1. The van der Waals surface area contributed by atoms with Crippen molar-refractivity contribution >= 4 is 0 Å². The Kier molecular flexibility index (Phi) is 4.61. The minimum absolute atomic E-state index is 0.0625. The van der Waals surface area contributed by atoms with Crippen LogP contribution in [0.25, 0.3) is 22.8 Å². The molecular formula is C21H20N4O2. The van der Waals surface area contributed by atoms with E-state index in [2.05, 4.69) is 28.4 Å². The minimum Gasteiger partial charge on any atom is -0.507 e. The third-order valence-corrected chi connectivity index (χ3v) is 4.94. The summed E-state index contributed by atoms with van der Waals surface area (Å²) in [6.07, 6.45) is 3.16. The normalized spacial score (nSPS) is 15.5. The highest BCUT2D eigenvalue weighted by Gasteiger charge is 2.26. The van der Waals surface area contributed by atoms with Crippen molar-refractivity contribution in [3.63, 3.8) is 0 Å². The van der Waals surface area contributed by atoms with Crippen LogP contribution < -0.4 is 5.32 Å². The predicted molar refractivity (Wildman–Crippen MR) is 101 cm³/mol. The molecule has 6 heteroatoms. The number of fused-ring (bicyclic) bond motifs is 1. The lowest BCUT2D eigenvalue weighted by atomic mass is 10.0. The Labute approximate surface area is 157 Å². The summed E-state index contributed by atoms with van der Waals surface area (Å²) in [5, 5.41) is 26.5. The molecule has 0 saturated carbocycles. The van der Waals surface area contributed by atoms with Gasteiger partial charge < -0.3 is 14.9 Å². The zero-order valence-corrected chi connectivity index (χ0v) is 15.1. The van der Waals surface area contributed by atoms with E-state index in [-0.39, 0.29) is 11.3 Å². The smallest absolute Gasteiger partial charge is 0.258 e. The van der Waals surface area contributed by atoms with Crippen molar-refractivity contribution in [2.45, 2.75) is 32.2 Å². The second-order valence-corrected chi connectivity index (χ2v) is 6.69.